The summed E-state index contributed by atoms with van der Waals surface area (Å²) >= 11 is 0. The SMILES string of the molecule is CCCCCCCCCCCCC(N)(CCCCCCCCCCCC)C(CCCCCCCCCCCC)(CCCCCCCCCCCC)C(CCCCCN)(CCCCCCCCCCCC)CCCCCCCCCCCC.I.I. The van der Waals surface area contributed by atoms with Crippen LogP contribution in [-0.2, 0) is 0 Å². The van der Waals surface area contributed by atoms with Gasteiger partial charge in [0.15, 0.2) is 0 Å². The van der Waals surface area contributed by atoms with E-state index in [4.69, 9.17) is 11.5 Å². The van der Waals surface area contributed by atoms with Crippen molar-refractivity contribution < 1.29 is 0 Å². The van der Waals surface area contributed by atoms with Gasteiger partial charge < -0.3 is 11.5 Å². The lowest BCUT2D eigenvalue weighted by atomic mass is 9.45. The molecule has 0 unspecified atom stereocenters. The quantitative estimate of drug-likeness (QED) is 0.0471. The maximum absolute atomic E-state index is 8.97. The minimum atomic E-state index is -0.0866. The highest BCUT2D eigenvalue weighted by molar-refractivity contribution is 14.0. The Morgan fingerprint density at radius 2 is 0.321 bits per heavy atom. The topological polar surface area (TPSA) is 52.0 Å². The molecule has 4 heteroatoms. The maximum atomic E-state index is 8.97. The summed E-state index contributed by atoms with van der Waals surface area (Å²) in [6, 6.07) is 0. The van der Waals surface area contributed by atoms with E-state index in [1.54, 1.807) is 0 Å². The number of rotatable bonds is 73. The van der Waals surface area contributed by atoms with Gasteiger partial charge in [-0.15, -0.1) is 48.0 Å². The zero-order valence-corrected chi connectivity index (χ0v) is 64.3. The first-order valence-electron chi connectivity index (χ1n) is 39.9. The molecule has 0 saturated carbocycles. The highest BCUT2D eigenvalue weighted by Gasteiger charge is 2.58. The number of unbranched alkanes of at least 4 members (excludes halogenated alkanes) is 56. The van der Waals surface area contributed by atoms with Crippen LogP contribution in [0.3, 0.4) is 0 Å². The highest BCUT2D eigenvalue weighted by Crippen LogP contribution is 2.63. The van der Waals surface area contributed by atoms with Crippen LogP contribution in [-0.4, -0.2) is 12.1 Å². The standard InChI is InChI=1S/C80H164N2.2HI/c1-7-13-19-25-31-37-43-49-55-62-70-78(72-64-61-69-77-81,71-63-56-50-44-38-32-26-20-14-8-2)79(73-65-57-51-45-39-33-27-21-15-9-3,74-66-58-52-46-40-34-28-22-16-10-4)80(82,75-67-59-53-47-41-35-29-23-17-11-5)76-68-60-54-48-42-36-30-24-18-12-6;;/h7-77,81-82H2,1-6H3;2*1H. The van der Waals surface area contributed by atoms with E-state index >= 15 is 0 Å². The van der Waals surface area contributed by atoms with Crippen molar-refractivity contribution >= 4 is 48.0 Å². The average molecular weight is 1410 g/mol. The van der Waals surface area contributed by atoms with Crippen molar-refractivity contribution in [1.82, 2.24) is 0 Å². The van der Waals surface area contributed by atoms with Crippen molar-refractivity contribution in [2.45, 2.75) is 497 Å². The van der Waals surface area contributed by atoms with E-state index in [0.29, 0.717) is 5.41 Å². The molecule has 0 aliphatic rings. The van der Waals surface area contributed by atoms with Crippen LogP contribution in [0.4, 0.5) is 0 Å². The van der Waals surface area contributed by atoms with Gasteiger partial charge in [0.25, 0.3) is 0 Å². The molecule has 0 aliphatic carbocycles. The molecular formula is C80H166I2N2. The fourth-order valence-electron chi connectivity index (χ4n) is 15.7. The Bertz CT molecular complexity index is 1100. The summed E-state index contributed by atoms with van der Waals surface area (Å²) in [5.41, 5.74) is 15.8. The molecule has 0 radical (unpaired) electrons. The molecular weight excluding hydrogens is 1240 g/mol. The van der Waals surface area contributed by atoms with E-state index < -0.39 is 0 Å². The Balaban J connectivity index is -0.0000328. The van der Waals surface area contributed by atoms with Gasteiger partial charge in [-0.3, -0.25) is 0 Å². The number of nitrogens with two attached hydrogens (primary N) is 2. The van der Waals surface area contributed by atoms with E-state index in [1.807, 2.05) is 0 Å². The van der Waals surface area contributed by atoms with E-state index in [2.05, 4.69) is 41.5 Å². The molecule has 0 fully saturated rings. The molecule has 2 nitrogen and oxygen atoms in total. The van der Waals surface area contributed by atoms with Crippen molar-refractivity contribution in [3.8, 4) is 0 Å². The predicted molar refractivity (Wildman–Crippen MR) is 409 cm³/mol. The molecule has 0 heterocycles. The molecule has 0 saturated heterocycles. The second-order valence-electron chi connectivity index (χ2n) is 28.7. The summed E-state index contributed by atoms with van der Waals surface area (Å²) in [6.45, 7) is 15.0. The number of hydrogen-bond donors (Lipinski definition) is 2. The zero-order valence-electron chi connectivity index (χ0n) is 59.7. The molecule has 0 aromatic heterocycles. The van der Waals surface area contributed by atoms with E-state index in [9.17, 15) is 0 Å². The van der Waals surface area contributed by atoms with Crippen LogP contribution in [0.25, 0.3) is 0 Å². The van der Waals surface area contributed by atoms with Crippen LogP contribution in [0.2, 0.25) is 0 Å². The zero-order chi connectivity index (χ0) is 59.7. The summed E-state index contributed by atoms with van der Waals surface area (Å²) < 4.78 is 0. The van der Waals surface area contributed by atoms with Crippen molar-refractivity contribution in [2.75, 3.05) is 6.54 Å². The third-order valence-corrected chi connectivity index (χ3v) is 21.2. The summed E-state index contributed by atoms with van der Waals surface area (Å²) in [5, 5.41) is 0. The molecule has 0 aromatic rings. The van der Waals surface area contributed by atoms with Gasteiger partial charge in [0.2, 0.25) is 0 Å². The maximum Gasteiger partial charge on any atom is 0.0216 e. The van der Waals surface area contributed by atoms with Crippen LogP contribution in [0.15, 0.2) is 0 Å². The van der Waals surface area contributed by atoms with Gasteiger partial charge in [-0.1, -0.05) is 440 Å². The Labute approximate surface area is 569 Å². The van der Waals surface area contributed by atoms with Gasteiger partial charge in [-0.2, -0.15) is 0 Å². The third kappa shape index (κ3) is 51.9. The summed E-state index contributed by atoms with van der Waals surface area (Å²) in [4.78, 5) is 0. The number of hydrogen-bond acceptors (Lipinski definition) is 2. The van der Waals surface area contributed by atoms with Gasteiger partial charge in [0.1, 0.15) is 0 Å². The van der Waals surface area contributed by atoms with Gasteiger partial charge in [-0.05, 0) is 68.7 Å². The van der Waals surface area contributed by atoms with Gasteiger partial charge in [0.05, 0.1) is 0 Å². The minimum Gasteiger partial charge on any atom is -0.330 e. The largest absolute Gasteiger partial charge is 0.330 e. The molecule has 0 spiro atoms. The average Bonchev–Trinajstić information content (AvgIpc) is 3.33. The number of halogens is 2. The second-order valence-corrected chi connectivity index (χ2v) is 28.7. The van der Waals surface area contributed by atoms with Gasteiger partial charge in [0, 0.05) is 5.54 Å². The summed E-state index contributed by atoms with van der Waals surface area (Å²) in [5.74, 6) is 0. The molecule has 0 amide bonds. The first-order chi connectivity index (χ1) is 40.4. The predicted octanol–water partition coefficient (Wildman–Crippen LogP) is 30.3. The molecule has 0 aliphatic heterocycles. The van der Waals surface area contributed by atoms with Crippen LogP contribution >= 0.6 is 48.0 Å². The lowest BCUT2D eigenvalue weighted by molar-refractivity contribution is -0.0908. The Hall–Kier alpha value is 1.38. The van der Waals surface area contributed by atoms with Crippen LogP contribution in [0.1, 0.15) is 491 Å². The molecule has 0 rings (SSSR count). The molecule has 0 aromatic carbocycles. The molecule has 4 N–H and O–H groups in total. The van der Waals surface area contributed by atoms with Gasteiger partial charge >= 0.3 is 0 Å². The van der Waals surface area contributed by atoms with Crippen molar-refractivity contribution in [3.63, 3.8) is 0 Å². The smallest absolute Gasteiger partial charge is 0.0216 e. The lowest BCUT2D eigenvalue weighted by Crippen LogP contribution is -2.63. The monoisotopic (exact) mass is 1410 g/mol. The van der Waals surface area contributed by atoms with Crippen LogP contribution in [0.5, 0.6) is 0 Å². The van der Waals surface area contributed by atoms with Crippen LogP contribution in [0, 0.1) is 10.8 Å². The normalized spacial score (nSPS) is 12.1. The molecule has 0 atom stereocenters. The molecule has 0 bridgehead atoms. The Kier molecular flexibility index (Phi) is 76.6. The third-order valence-electron chi connectivity index (χ3n) is 21.2. The Morgan fingerprint density at radius 1 is 0.179 bits per heavy atom. The highest BCUT2D eigenvalue weighted by atomic mass is 127. The van der Waals surface area contributed by atoms with Crippen molar-refractivity contribution in [3.05, 3.63) is 0 Å². The summed E-state index contributed by atoms with van der Waals surface area (Å²) in [6.07, 6.45) is 99.4. The second kappa shape index (κ2) is 71.8. The molecule has 510 valence electrons. The van der Waals surface area contributed by atoms with Crippen molar-refractivity contribution in [1.29, 1.82) is 0 Å². The van der Waals surface area contributed by atoms with E-state index in [-0.39, 0.29) is 58.9 Å². The van der Waals surface area contributed by atoms with E-state index in [1.165, 1.54) is 449 Å². The lowest BCUT2D eigenvalue weighted by Gasteiger charge is -2.62. The minimum absolute atomic E-state index is 0. The Morgan fingerprint density at radius 3 is 0.500 bits per heavy atom. The summed E-state index contributed by atoms with van der Waals surface area (Å²) in [7, 11) is 0. The van der Waals surface area contributed by atoms with Crippen LogP contribution < -0.4 is 11.5 Å². The fraction of sp³-hybridized carbons (Fsp3) is 1.00. The first kappa shape index (κ1) is 89.6. The van der Waals surface area contributed by atoms with Crippen molar-refractivity contribution in [2.24, 2.45) is 22.3 Å². The fourth-order valence-corrected chi connectivity index (χ4v) is 15.7. The van der Waals surface area contributed by atoms with Gasteiger partial charge in [-0.25, -0.2) is 0 Å². The molecule has 84 heavy (non-hydrogen) atoms. The van der Waals surface area contributed by atoms with E-state index in [0.717, 1.165) is 6.54 Å². The first-order valence-corrected chi connectivity index (χ1v) is 39.9.